The lowest BCUT2D eigenvalue weighted by Crippen LogP contribution is -2.40. The Morgan fingerprint density at radius 1 is 1.30 bits per heavy atom. The summed E-state index contributed by atoms with van der Waals surface area (Å²) in [6, 6.07) is 8.19. The van der Waals surface area contributed by atoms with Gasteiger partial charge in [-0.1, -0.05) is 17.7 Å². The van der Waals surface area contributed by atoms with Crippen molar-refractivity contribution in [2.24, 2.45) is 5.92 Å². The second-order valence-electron chi connectivity index (χ2n) is 5.53. The van der Waals surface area contributed by atoms with Crippen molar-refractivity contribution >= 4 is 11.6 Å². The van der Waals surface area contributed by atoms with Crippen LogP contribution in [0.2, 0.25) is 0 Å². The van der Waals surface area contributed by atoms with E-state index in [9.17, 15) is 4.79 Å². The summed E-state index contributed by atoms with van der Waals surface area (Å²) in [4.78, 5) is 11.9. The highest BCUT2D eigenvalue weighted by Crippen LogP contribution is 2.18. The third-order valence-electron chi connectivity index (χ3n) is 3.89. The summed E-state index contributed by atoms with van der Waals surface area (Å²) in [5.41, 5.74) is 2.04. The molecule has 0 saturated carbocycles. The van der Waals surface area contributed by atoms with Gasteiger partial charge in [0.1, 0.15) is 0 Å². The van der Waals surface area contributed by atoms with Gasteiger partial charge in [0, 0.05) is 24.9 Å². The number of hydrogen-bond acceptors (Lipinski definition) is 3. The highest BCUT2D eigenvalue weighted by Gasteiger charge is 2.20. The molecule has 1 aliphatic rings. The molecule has 4 heteroatoms. The van der Waals surface area contributed by atoms with E-state index in [0.29, 0.717) is 18.5 Å². The van der Waals surface area contributed by atoms with Crippen molar-refractivity contribution in [3.63, 3.8) is 0 Å². The zero-order chi connectivity index (χ0) is 14.4. The number of hydrogen-bond donors (Lipinski definition) is 2. The molecule has 2 rings (SSSR count). The Bertz CT molecular complexity index is 425. The molecule has 1 aromatic rings. The number of anilines is 1. The van der Waals surface area contributed by atoms with E-state index >= 15 is 0 Å². The molecular weight excluding hydrogens is 252 g/mol. The summed E-state index contributed by atoms with van der Waals surface area (Å²) in [5, 5.41) is 6.22. The standard InChI is InChI=1S/C16H24N2O2/c1-12-3-5-15(6-4-12)18-16(19)11-17-13(2)14-7-9-20-10-8-14/h3-6,13-14,17H,7-11H2,1-2H3,(H,18,19). The van der Waals surface area contributed by atoms with Crippen LogP contribution in [0.1, 0.15) is 25.3 Å². The first-order valence-corrected chi connectivity index (χ1v) is 7.33. The van der Waals surface area contributed by atoms with Crippen molar-refractivity contribution in [2.45, 2.75) is 32.7 Å². The lowest BCUT2D eigenvalue weighted by Gasteiger charge is -2.28. The molecule has 1 saturated heterocycles. The van der Waals surface area contributed by atoms with Crippen molar-refractivity contribution in [1.29, 1.82) is 0 Å². The van der Waals surface area contributed by atoms with Gasteiger partial charge in [-0.05, 0) is 44.7 Å². The van der Waals surface area contributed by atoms with Crippen LogP contribution in [0.25, 0.3) is 0 Å². The summed E-state index contributed by atoms with van der Waals surface area (Å²) < 4.78 is 5.36. The lowest BCUT2D eigenvalue weighted by molar-refractivity contribution is -0.115. The summed E-state index contributed by atoms with van der Waals surface area (Å²) in [5.74, 6) is 0.615. The molecular formula is C16H24N2O2. The maximum atomic E-state index is 11.9. The third kappa shape index (κ3) is 4.62. The van der Waals surface area contributed by atoms with Crippen LogP contribution >= 0.6 is 0 Å². The number of aryl methyl sites for hydroxylation is 1. The summed E-state index contributed by atoms with van der Waals surface area (Å²) in [6.07, 6.45) is 2.15. The van der Waals surface area contributed by atoms with E-state index < -0.39 is 0 Å². The van der Waals surface area contributed by atoms with Gasteiger partial charge in [0.15, 0.2) is 0 Å². The molecule has 4 nitrogen and oxygen atoms in total. The van der Waals surface area contributed by atoms with E-state index in [1.54, 1.807) is 0 Å². The molecule has 1 amide bonds. The van der Waals surface area contributed by atoms with Gasteiger partial charge < -0.3 is 15.4 Å². The summed E-state index contributed by atoms with van der Waals surface area (Å²) in [6.45, 7) is 6.21. The summed E-state index contributed by atoms with van der Waals surface area (Å²) in [7, 11) is 0. The van der Waals surface area contributed by atoms with Crippen LogP contribution in [0.15, 0.2) is 24.3 Å². The number of ether oxygens (including phenoxy) is 1. The topological polar surface area (TPSA) is 50.4 Å². The Balaban J connectivity index is 1.72. The maximum Gasteiger partial charge on any atom is 0.238 e. The molecule has 2 N–H and O–H groups in total. The zero-order valence-electron chi connectivity index (χ0n) is 12.3. The second kappa shape index (κ2) is 7.41. The molecule has 1 fully saturated rings. The number of amides is 1. The predicted octanol–water partition coefficient (Wildman–Crippen LogP) is 2.34. The van der Waals surface area contributed by atoms with Crippen LogP contribution in [-0.2, 0) is 9.53 Å². The van der Waals surface area contributed by atoms with E-state index in [0.717, 1.165) is 31.7 Å². The fraction of sp³-hybridized carbons (Fsp3) is 0.562. The van der Waals surface area contributed by atoms with Crippen molar-refractivity contribution in [1.82, 2.24) is 5.32 Å². The molecule has 1 aliphatic heterocycles. The number of rotatable bonds is 5. The monoisotopic (exact) mass is 276 g/mol. The fourth-order valence-corrected chi connectivity index (χ4v) is 2.48. The van der Waals surface area contributed by atoms with Crippen molar-refractivity contribution < 1.29 is 9.53 Å². The number of benzene rings is 1. The van der Waals surface area contributed by atoms with Gasteiger partial charge in [0.25, 0.3) is 0 Å². The minimum Gasteiger partial charge on any atom is -0.381 e. The van der Waals surface area contributed by atoms with Crippen molar-refractivity contribution in [3.8, 4) is 0 Å². The van der Waals surface area contributed by atoms with E-state index in [1.807, 2.05) is 31.2 Å². The minimum atomic E-state index is 0.00719. The van der Waals surface area contributed by atoms with E-state index in [1.165, 1.54) is 5.56 Å². The Labute approximate surface area is 120 Å². The molecule has 110 valence electrons. The molecule has 1 unspecified atom stereocenters. The third-order valence-corrected chi connectivity index (χ3v) is 3.89. The Kier molecular flexibility index (Phi) is 5.56. The minimum absolute atomic E-state index is 0.00719. The first kappa shape index (κ1) is 15.0. The molecule has 0 bridgehead atoms. The SMILES string of the molecule is Cc1ccc(NC(=O)CNC(C)C2CCOCC2)cc1. The second-order valence-corrected chi connectivity index (χ2v) is 5.53. The van der Waals surface area contributed by atoms with Gasteiger partial charge in [0.05, 0.1) is 6.54 Å². The smallest absolute Gasteiger partial charge is 0.238 e. The van der Waals surface area contributed by atoms with Gasteiger partial charge in [0.2, 0.25) is 5.91 Å². The van der Waals surface area contributed by atoms with Crippen LogP contribution in [0.3, 0.4) is 0 Å². The van der Waals surface area contributed by atoms with Gasteiger partial charge in [-0.25, -0.2) is 0 Å². The number of nitrogens with one attached hydrogen (secondary N) is 2. The van der Waals surface area contributed by atoms with Crippen LogP contribution in [0, 0.1) is 12.8 Å². The van der Waals surface area contributed by atoms with Gasteiger partial charge in [-0.15, -0.1) is 0 Å². The van der Waals surface area contributed by atoms with Crippen LogP contribution in [0.4, 0.5) is 5.69 Å². The number of carbonyl (C=O) groups is 1. The molecule has 0 aromatic heterocycles. The Morgan fingerprint density at radius 2 is 1.95 bits per heavy atom. The lowest BCUT2D eigenvalue weighted by atomic mass is 9.93. The summed E-state index contributed by atoms with van der Waals surface area (Å²) >= 11 is 0. The molecule has 0 spiro atoms. The molecule has 1 atom stereocenters. The first-order valence-electron chi connectivity index (χ1n) is 7.33. The normalized spacial score (nSPS) is 17.7. The van der Waals surface area contributed by atoms with Gasteiger partial charge in [-0.3, -0.25) is 4.79 Å². The Morgan fingerprint density at radius 3 is 2.60 bits per heavy atom. The van der Waals surface area contributed by atoms with E-state index in [-0.39, 0.29) is 5.91 Å². The highest BCUT2D eigenvalue weighted by molar-refractivity contribution is 5.92. The van der Waals surface area contributed by atoms with Crippen LogP contribution in [-0.4, -0.2) is 31.7 Å². The maximum absolute atomic E-state index is 11.9. The average molecular weight is 276 g/mol. The van der Waals surface area contributed by atoms with Crippen LogP contribution < -0.4 is 10.6 Å². The Hall–Kier alpha value is -1.39. The van der Waals surface area contributed by atoms with Crippen molar-refractivity contribution in [3.05, 3.63) is 29.8 Å². The van der Waals surface area contributed by atoms with Crippen LogP contribution in [0.5, 0.6) is 0 Å². The van der Waals surface area contributed by atoms with E-state index in [4.69, 9.17) is 4.74 Å². The molecule has 0 aliphatic carbocycles. The molecule has 0 radical (unpaired) electrons. The number of carbonyl (C=O) groups excluding carboxylic acids is 1. The van der Waals surface area contributed by atoms with Gasteiger partial charge >= 0.3 is 0 Å². The zero-order valence-corrected chi connectivity index (χ0v) is 12.3. The van der Waals surface area contributed by atoms with Crippen molar-refractivity contribution in [2.75, 3.05) is 25.1 Å². The molecule has 1 heterocycles. The quantitative estimate of drug-likeness (QED) is 0.868. The highest BCUT2D eigenvalue weighted by atomic mass is 16.5. The predicted molar refractivity (Wildman–Crippen MR) is 80.8 cm³/mol. The average Bonchev–Trinajstić information content (AvgIpc) is 2.48. The first-order chi connectivity index (χ1) is 9.65. The van der Waals surface area contributed by atoms with Gasteiger partial charge in [-0.2, -0.15) is 0 Å². The fourth-order valence-electron chi connectivity index (χ4n) is 2.48. The molecule has 1 aromatic carbocycles. The molecule has 20 heavy (non-hydrogen) atoms. The largest absolute Gasteiger partial charge is 0.381 e. The van der Waals surface area contributed by atoms with E-state index in [2.05, 4.69) is 17.6 Å².